The van der Waals surface area contributed by atoms with Gasteiger partial charge in [-0.05, 0) is 6.26 Å². The van der Waals surface area contributed by atoms with Gasteiger partial charge in [0.15, 0.2) is 0 Å². The van der Waals surface area contributed by atoms with Crippen LogP contribution in [-0.4, -0.2) is 30.3 Å². The molecule has 1 rings (SSSR count). The molecule has 1 aliphatic rings. The lowest BCUT2D eigenvalue weighted by Gasteiger charge is -2.26. The maximum absolute atomic E-state index is 5.83. The van der Waals surface area contributed by atoms with Crippen molar-refractivity contribution in [3.05, 3.63) is 0 Å². The normalized spacial score (nSPS) is 36.7. The maximum atomic E-state index is 5.83. The molecule has 1 aliphatic heterocycles. The molecule has 1 heterocycles. The minimum atomic E-state index is -0.0197. The highest BCUT2D eigenvalue weighted by atomic mass is 35.5. The third kappa shape index (κ3) is 2.00. The van der Waals surface area contributed by atoms with E-state index in [0.29, 0.717) is 0 Å². The molecule has 0 bridgehead atoms. The second-order valence-corrected chi connectivity index (χ2v) is 3.24. The molecule has 0 aromatic carbocycles. The first kappa shape index (κ1) is 7.66. The highest BCUT2D eigenvalue weighted by molar-refractivity contribution is 7.99. The van der Waals surface area contributed by atoms with Crippen molar-refractivity contribution in [1.29, 1.82) is 0 Å². The molecule has 0 aliphatic carbocycles. The molecular weight excluding hydrogens is 158 g/mol. The SMILES string of the molecule is CSC1OCCNC1Cl. The molecule has 0 spiro atoms. The predicted molar refractivity (Wildman–Crippen MR) is 40.9 cm³/mol. The summed E-state index contributed by atoms with van der Waals surface area (Å²) >= 11 is 7.46. The second-order valence-electron chi connectivity index (χ2n) is 1.83. The Bertz CT molecular complexity index is 93.0. The van der Waals surface area contributed by atoms with E-state index in [2.05, 4.69) is 5.32 Å². The van der Waals surface area contributed by atoms with Crippen LogP contribution >= 0.6 is 23.4 Å². The topological polar surface area (TPSA) is 21.3 Å². The van der Waals surface area contributed by atoms with Crippen LogP contribution < -0.4 is 5.32 Å². The smallest absolute Gasteiger partial charge is 0.132 e. The first-order valence-corrected chi connectivity index (χ1v) is 4.59. The van der Waals surface area contributed by atoms with E-state index in [1.807, 2.05) is 6.26 Å². The van der Waals surface area contributed by atoms with Crippen molar-refractivity contribution in [2.45, 2.75) is 10.9 Å². The van der Waals surface area contributed by atoms with E-state index >= 15 is 0 Å². The average Bonchev–Trinajstić information content (AvgIpc) is 1.89. The molecule has 0 amide bonds. The monoisotopic (exact) mass is 167 g/mol. The van der Waals surface area contributed by atoms with Crippen LogP contribution in [0.15, 0.2) is 0 Å². The third-order valence-corrected chi connectivity index (χ3v) is 2.60. The molecule has 1 N–H and O–H groups in total. The zero-order chi connectivity index (χ0) is 6.69. The summed E-state index contributed by atoms with van der Waals surface area (Å²) in [4.78, 5) is 0. The average molecular weight is 168 g/mol. The highest BCUT2D eigenvalue weighted by Gasteiger charge is 2.21. The molecule has 2 unspecified atom stereocenters. The summed E-state index contributed by atoms with van der Waals surface area (Å²) in [5.41, 5.74) is 0.106. The lowest BCUT2D eigenvalue weighted by molar-refractivity contribution is 0.0746. The van der Waals surface area contributed by atoms with Crippen molar-refractivity contribution in [3.63, 3.8) is 0 Å². The van der Waals surface area contributed by atoms with Crippen LogP contribution in [0.4, 0.5) is 0 Å². The van der Waals surface area contributed by atoms with Crippen molar-refractivity contribution < 1.29 is 4.74 Å². The number of hydrogen-bond donors (Lipinski definition) is 1. The summed E-state index contributed by atoms with van der Waals surface area (Å²) in [5, 5.41) is 3.10. The molecule has 2 nitrogen and oxygen atoms in total. The van der Waals surface area contributed by atoms with Gasteiger partial charge in [-0.15, -0.1) is 23.4 Å². The molecule has 1 saturated heterocycles. The van der Waals surface area contributed by atoms with Gasteiger partial charge in [-0.1, -0.05) is 0 Å². The summed E-state index contributed by atoms with van der Waals surface area (Å²) in [6.45, 7) is 1.64. The molecule has 54 valence electrons. The molecule has 0 radical (unpaired) electrons. The van der Waals surface area contributed by atoms with E-state index in [1.165, 1.54) is 0 Å². The minimum absolute atomic E-state index is 0.0197. The molecule has 4 heteroatoms. The van der Waals surface area contributed by atoms with Crippen LogP contribution in [-0.2, 0) is 4.74 Å². The van der Waals surface area contributed by atoms with Gasteiger partial charge in [-0.25, -0.2) is 0 Å². The summed E-state index contributed by atoms with van der Waals surface area (Å²) in [6, 6.07) is 0. The Morgan fingerprint density at radius 1 is 1.78 bits per heavy atom. The Morgan fingerprint density at radius 2 is 2.56 bits per heavy atom. The zero-order valence-electron chi connectivity index (χ0n) is 5.26. The van der Waals surface area contributed by atoms with E-state index in [9.17, 15) is 0 Å². The summed E-state index contributed by atoms with van der Waals surface area (Å²) in [7, 11) is 0. The Balaban J connectivity index is 2.30. The first-order valence-electron chi connectivity index (χ1n) is 2.86. The third-order valence-electron chi connectivity index (χ3n) is 1.19. The van der Waals surface area contributed by atoms with Crippen LogP contribution in [0.2, 0.25) is 0 Å². The standard InChI is InChI=1S/C5H10ClNOS/c1-9-5-4(6)7-2-3-8-5/h4-5,7H,2-3H2,1H3. The van der Waals surface area contributed by atoms with Gasteiger partial charge in [-0.2, -0.15) is 0 Å². The quantitative estimate of drug-likeness (QED) is 0.463. The van der Waals surface area contributed by atoms with Crippen LogP contribution in [0.3, 0.4) is 0 Å². The number of ether oxygens (including phenoxy) is 1. The van der Waals surface area contributed by atoms with Gasteiger partial charge in [0.1, 0.15) is 10.9 Å². The van der Waals surface area contributed by atoms with Crippen molar-refractivity contribution in [2.75, 3.05) is 19.4 Å². The number of alkyl halides is 1. The van der Waals surface area contributed by atoms with Gasteiger partial charge in [0.05, 0.1) is 6.61 Å². The zero-order valence-corrected chi connectivity index (χ0v) is 6.84. The highest BCUT2D eigenvalue weighted by Crippen LogP contribution is 2.17. The van der Waals surface area contributed by atoms with Gasteiger partial charge in [0.2, 0.25) is 0 Å². The lowest BCUT2D eigenvalue weighted by Crippen LogP contribution is -2.42. The Kier molecular flexibility index (Phi) is 3.12. The number of rotatable bonds is 1. The number of nitrogens with one attached hydrogen (secondary N) is 1. The summed E-state index contributed by atoms with van der Waals surface area (Å²) in [5.74, 6) is 0. The largest absolute Gasteiger partial charge is 0.363 e. The maximum Gasteiger partial charge on any atom is 0.132 e. The van der Waals surface area contributed by atoms with Gasteiger partial charge >= 0.3 is 0 Å². The van der Waals surface area contributed by atoms with E-state index in [-0.39, 0.29) is 10.9 Å². The molecule has 1 fully saturated rings. The Labute approximate surface area is 64.3 Å². The van der Waals surface area contributed by atoms with E-state index in [0.717, 1.165) is 13.2 Å². The number of hydrogen-bond acceptors (Lipinski definition) is 3. The summed E-state index contributed by atoms with van der Waals surface area (Å²) in [6.07, 6.45) is 1.99. The first-order chi connectivity index (χ1) is 4.34. The fourth-order valence-corrected chi connectivity index (χ4v) is 1.80. The predicted octanol–water partition coefficient (Wildman–Crippen LogP) is 0.860. The van der Waals surface area contributed by atoms with E-state index < -0.39 is 0 Å². The fraction of sp³-hybridized carbons (Fsp3) is 1.00. The number of halogens is 1. The van der Waals surface area contributed by atoms with Gasteiger partial charge in [0.25, 0.3) is 0 Å². The molecule has 2 atom stereocenters. The fourth-order valence-electron chi connectivity index (χ4n) is 0.740. The molecule has 0 aromatic rings. The minimum Gasteiger partial charge on any atom is -0.363 e. The van der Waals surface area contributed by atoms with E-state index in [1.54, 1.807) is 11.8 Å². The lowest BCUT2D eigenvalue weighted by atomic mass is 10.5. The van der Waals surface area contributed by atoms with Crippen molar-refractivity contribution >= 4 is 23.4 Å². The molecule has 0 saturated carbocycles. The second kappa shape index (κ2) is 3.66. The number of morpholine rings is 1. The van der Waals surface area contributed by atoms with Crippen LogP contribution in [0.1, 0.15) is 0 Å². The Hall–Kier alpha value is 0.560. The van der Waals surface area contributed by atoms with Crippen molar-refractivity contribution in [1.82, 2.24) is 5.32 Å². The molecular formula is C5H10ClNOS. The van der Waals surface area contributed by atoms with Gasteiger partial charge < -0.3 is 4.74 Å². The van der Waals surface area contributed by atoms with Gasteiger partial charge in [0, 0.05) is 6.54 Å². The van der Waals surface area contributed by atoms with Crippen LogP contribution in [0.5, 0.6) is 0 Å². The van der Waals surface area contributed by atoms with Crippen LogP contribution in [0.25, 0.3) is 0 Å². The Morgan fingerprint density at radius 3 is 3.00 bits per heavy atom. The van der Waals surface area contributed by atoms with E-state index in [4.69, 9.17) is 16.3 Å². The molecule has 0 aromatic heterocycles. The molecule has 9 heavy (non-hydrogen) atoms. The number of thioether (sulfide) groups is 1. The van der Waals surface area contributed by atoms with Crippen molar-refractivity contribution in [2.24, 2.45) is 0 Å². The van der Waals surface area contributed by atoms with Crippen molar-refractivity contribution in [3.8, 4) is 0 Å². The summed E-state index contributed by atoms with van der Waals surface area (Å²) < 4.78 is 5.31. The van der Waals surface area contributed by atoms with Crippen LogP contribution in [0, 0.1) is 0 Å². The van der Waals surface area contributed by atoms with Gasteiger partial charge in [-0.3, -0.25) is 5.32 Å².